The standard InChI is InChI=1S/C17H29NO2/c19-17(20)16-11-14-9-5-6-10-15(14)18(16)12-13-7-3-1-2-4-8-13/h13-16H,1-12H2,(H,19,20). The summed E-state index contributed by atoms with van der Waals surface area (Å²) in [5, 5.41) is 9.57. The highest BCUT2D eigenvalue weighted by Gasteiger charge is 2.45. The average molecular weight is 279 g/mol. The minimum atomic E-state index is -0.576. The highest BCUT2D eigenvalue weighted by Crippen LogP contribution is 2.41. The van der Waals surface area contributed by atoms with Gasteiger partial charge in [-0.05, 0) is 43.9 Å². The van der Waals surface area contributed by atoms with Crippen molar-refractivity contribution in [2.24, 2.45) is 11.8 Å². The second-order valence-corrected chi connectivity index (χ2v) is 7.26. The van der Waals surface area contributed by atoms with E-state index in [-0.39, 0.29) is 6.04 Å². The molecule has 1 saturated heterocycles. The Hall–Kier alpha value is -0.570. The highest BCUT2D eigenvalue weighted by molar-refractivity contribution is 5.74. The summed E-state index contributed by atoms with van der Waals surface area (Å²) in [4.78, 5) is 14.0. The van der Waals surface area contributed by atoms with E-state index in [1.807, 2.05) is 0 Å². The summed E-state index contributed by atoms with van der Waals surface area (Å²) in [7, 11) is 0. The van der Waals surface area contributed by atoms with E-state index in [0.717, 1.165) is 18.9 Å². The molecule has 114 valence electrons. The van der Waals surface area contributed by atoms with E-state index >= 15 is 0 Å². The lowest BCUT2D eigenvalue weighted by atomic mass is 9.84. The lowest BCUT2D eigenvalue weighted by Crippen LogP contribution is -2.44. The van der Waals surface area contributed by atoms with Gasteiger partial charge in [0, 0.05) is 12.6 Å². The van der Waals surface area contributed by atoms with Crippen LogP contribution in [0, 0.1) is 11.8 Å². The van der Waals surface area contributed by atoms with Gasteiger partial charge in [0.05, 0.1) is 0 Å². The number of aliphatic carboxylic acids is 1. The Morgan fingerprint density at radius 2 is 1.60 bits per heavy atom. The molecule has 3 heteroatoms. The molecule has 2 aliphatic carbocycles. The molecule has 1 aliphatic heterocycles. The van der Waals surface area contributed by atoms with Crippen LogP contribution in [0.25, 0.3) is 0 Å². The Morgan fingerprint density at radius 3 is 2.30 bits per heavy atom. The van der Waals surface area contributed by atoms with Crippen LogP contribution in [0.1, 0.15) is 70.6 Å². The fourth-order valence-corrected chi connectivity index (χ4v) is 4.90. The van der Waals surface area contributed by atoms with Crippen LogP contribution in [0.5, 0.6) is 0 Å². The van der Waals surface area contributed by atoms with E-state index in [4.69, 9.17) is 0 Å². The number of carboxylic acid groups (broad SMARTS) is 1. The van der Waals surface area contributed by atoms with Gasteiger partial charge in [0.15, 0.2) is 0 Å². The zero-order valence-electron chi connectivity index (χ0n) is 12.6. The second-order valence-electron chi connectivity index (χ2n) is 7.26. The quantitative estimate of drug-likeness (QED) is 0.801. The second kappa shape index (κ2) is 6.46. The maximum absolute atomic E-state index is 11.6. The maximum Gasteiger partial charge on any atom is 0.320 e. The van der Waals surface area contributed by atoms with E-state index in [1.54, 1.807) is 0 Å². The lowest BCUT2D eigenvalue weighted by Gasteiger charge is -2.35. The molecule has 0 radical (unpaired) electrons. The van der Waals surface area contributed by atoms with E-state index in [0.29, 0.717) is 12.0 Å². The van der Waals surface area contributed by atoms with Crippen LogP contribution >= 0.6 is 0 Å². The van der Waals surface area contributed by atoms with Gasteiger partial charge >= 0.3 is 5.97 Å². The van der Waals surface area contributed by atoms with Crippen molar-refractivity contribution in [3.63, 3.8) is 0 Å². The fourth-order valence-electron chi connectivity index (χ4n) is 4.90. The van der Waals surface area contributed by atoms with Gasteiger partial charge < -0.3 is 5.11 Å². The summed E-state index contributed by atoms with van der Waals surface area (Å²) in [5.41, 5.74) is 0. The topological polar surface area (TPSA) is 40.5 Å². The summed E-state index contributed by atoms with van der Waals surface area (Å²) in [6.07, 6.45) is 14.1. The number of fused-ring (bicyclic) bond motifs is 1. The van der Waals surface area contributed by atoms with Crippen molar-refractivity contribution < 1.29 is 9.90 Å². The van der Waals surface area contributed by atoms with Crippen LogP contribution in [-0.4, -0.2) is 34.6 Å². The Balaban J connectivity index is 1.68. The first-order valence-electron chi connectivity index (χ1n) is 8.74. The Kier molecular flexibility index (Phi) is 4.65. The first kappa shape index (κ1) is 14.4. The summed E-state index contributed by atoms with van der Waals surface area (Å²) >= 11 is 0. The smallest absolute Gasteiger partial charge is 0.320 e. The van der Waals surface area contributed by atoms with Crippen LogP contribution in [-0.2, 0) is 4.79 Å². The fraction of sp³-hybridized carbons (Fsp3) is 0.941. The number of hydrogen-bond donors (Lipinski definition) is 1. The van der Waals surface area contributed by atoms with Crippen molar-refractivity contribution in [1.82, 2.24) is 4.90 Å². The number of carbonyl (C=O) groups is 1. The van der Waals surface area contributed by atoms with Crippen LogP contribution < -0.4 is 0 Å². The number of nitrogens with zero attached hydrogens (tertiary/aromatic N) is 1. The largest absolute Gasteiger partial charge is 0.480 e. The maximum atomic E-state index is 11.6. The molecule has 0 spiro atoms. The summed E-state index contributed by atoms with van der Waals surface area (Å²) in [6.45, 7) is 1.05. The molecule has 3 rings (SSSR count). The minimum absolute atomic E-state index is 0.189. The van der Waals surface area contributed by atoms with E-state index in [1.165, 1.54) is 64.2 Å². The molecular weight excluding hydrogens is 250 g/mol. The number of carboxylic acids is 1. The zero-order valence-corrected chi connectivity index (χ0v) is 12.6. The van der Waals surface area contributed by atoms with E-state index in [2.05, 4.69) is 4.90 Å². The van der Waals surface area contributed by atoms with Gasteiger partial charge in [-0.25, -0.2) is 0 Å². The molecular formula is C17H29NO2. The van der Waals surface area contributed by atoms with E-state index in [9.17, 15) is 9.90 Å². The van der Waals surface area contributed by atoms with Crippen molar-refractivity contribution in [1.29, 1.82) is 0 Å². The van der Waals surface area contributed by atoms with Gasteiger partial charge in [-0.15, -0.1) is 0 Å². The van der Waals surface area contributed by atoms with Crippen molar-refractivity contribution >= 4 is 5.97 Å². The van der Waals surface area contributed by atoms with Gasteiger partial charge in [-0.1, -0.05) is 38.5 Å². The molecule has 0 bridgehead atoms. The molecule has 2 saturated carbocycles. The summed E-state index contributed by atoms with van der Waals surface area (Å²) < 4.78 is 0. The van der Waals surface area contributed by atoms with Crippen LogP contribution in [0.2, 0.25) is 0 Å². The van der Waals surface area contributed by atoms with Crippen molar-refractivity contribution in [2.75, 3.05) is 6.54 Å². The van der Waals surface area contributed by atoms with Crippen molar-refractivity contribution in [2.45, 2.75) is 82.7 Å². The molecule has 3 atom stereocenters. The van der Waals surface area contributed by atoms with Gasteiger partial charge in [-0.3, -0.25) is 9.69 Å². The third-order valence-corrected chi connectivity index (χ3v) is 5.95. The third-order valence-electron chi connectivity index (χ3n) is 5.95. The highest BCUT2D eigenvalue weighted by atomic mass is 16.4. The predicted octanol–water partition coefficient (Wildman–Crippen LogP) is 3.67. The molecule has 1 heterocycles. The van der Waals surface area contributed by atoms with Gasteiger partial charge in [0.1, 0.15) is 6.04 Å². The predicted molar refractivity (Wildman–Crippen MR) is 79.7 cm³/mol. The molecule has 3 unspecified atom stereocenters. The van der Waals surface area contributed by atoms with Crippen LogP contribution in [0.4, 0.5) is 0 Å². The lowest BCUT2D eigenvalue weighted by molar-refractivity contribution is -0.143. The van der Waals surface area contributed by atoms with E-state index < -0.39 is 5.97 Å². The van der Waals surface area contributed by atoms with Crippen molar-refractivity contribution in [3.05, 3.63) is 0 Å². The normalized spacial score (nSPS) is 36.5. The number of likely N-dealkylation sites (tertiary alicyclic amines) is 1. The third kappa shape index (κ3) is 3.03. The van der Waals surface area contributed by atoms with Crippen LogP contribution in [0.3, 0.4) is 0 Å². The first-order valence-corrected chi connectivity index (χ1v) is 8.74. The Morgan fingerprint density at radius 1 is 0.950 bits per heavy atom. The zero-order chi connectivity index (χ0) is 13.9. The van der Waals surface area contributed by atoms with Crippen molar-refractivity contribution in [3.8, 4) is 0 Å². The first-order chi connectivity index (χ1) is 9.75. The van der Waals surface area contributed by atoms with Gasteiger partial charge in [0.25, 0.3) is 0 Å². The number of hydrogen-bond acceptors (Lipinski definition) is 2. The van der Waals surface area contributed by atoms with Gasteiger partial charge in [0.2, 0.25) is 0 Å². The molecule has 0 aromatic rings. The molecule has 0 aromatic heterocycles. The molecule has 0 aromatic carbocycles. The monoisotopic (exact) mass is 279 g/mol. The molecule has 3 aliphatic rings. The Labute approximate surface area is 122 Å². The average Bonchev–Trinajstić information content (AvgIpc) is 2.62. The number of rotatable bonds is 3. The molecule has 0 amide bonds. The molecule has 20 heavy (non-hydrogen) atoms. The Bertz CT molecular complexity index is 336. The summed E-state index contributed by atoms with van der Waals surface area (Å²) in [6, 6.07) is 0.388. The van der Waals surface area contributed by atoms with Crippen LogP contribution in [0.15, 0.2) is 0 Å². The minimum Gasteiger partial charge on any atom is -0.480 e. The van der Waals surface area contributed by atoms with Gasteiger partial charge in [-0.2, -0.15) is 0 Å². The molecule has 1 N–H and O–H groups in total. The molecule has 3 fully saturated rings. The summed E-state index contributed by atoms with van der Waals surface area (Å²) in [5.74, 6) is 0.837. The SMILES string of the molecule is O=C(O)C1CC2CCCCC2N1CC1CCCCCC1. The molecule has 3 nitrogen and oxygen atoms in total.